The topological polar surface area (TPSA) is 48.7 Å². The first kappa shape index (κ1) is 10.8. The predicted octanol–water partition coefficient (Wildman–Crippen LogP) is 3.05. The molecule has 0 saturated carbocycles. The van der Waals surface area contributed by atoms with Crippen LogP contribution < -0.4 is 5.32 Å². The number of nitrogens with one attached hydrogen (secondary N) is 1. The van der Waals surface area contributed by atoms with E-state index in [1.807, 2.05) is 6.07 Å². The lowest BCUT2D eigenvalue weighted by Gasteiger charge is -2.09. The number of hydrogen-bond donors (Lipinski definition) is 1. The molecule has 0 aliphatic heterocycles. The minimum atomic E-state index is -0.396. The average molecular weight is 280 g/mol. The molecule has 1 aromatic heterocycles. The van der Waals surface area contributed by atoms with Gasteiger partial charge in [-0.15, -0.1) is 0 Å². The number of nitriles is 1. The maximum Gasteiger partial charge on any atom is 0.134 e. The zero-order valence-electron chi connectivity index (χ0n) is 8.38. The summed E-state index contributed by atoms with van der Waals surface area (Å²) < 4.78 is 14.4. The number of benzene rings is 1. The summed E-state index contributed by atoms with van der Waals surface area (Å²) in [7, 11) is 1.65. The molecule has 0 saturated heterocycles. The third kappa shape index (κ3) is 1.51. The monoisotopic (exact) mass is 279 g/mol. The average Bonchev–Trinajstić information content (AvgIpc) is 2.32. The van der Waals surface area contributed by atoms with Gasteiger partial charge in [0.25, 0.3) is 0 Å². The molecule has 3 nitrogen and oxygen atoms in total. The summed E-state index contributed by atoms with van der Waals surface area (Å²) in [6.07, 6.45) is 1.43. The summed E-state index contributed by atoms with van der Waals surface area (Å²) >= 11 is 3.30. The van der Waals surface area contributed by atoms with Crippen LogP contribution in [0.5, 0.6) is 0 Å². The van der Waals surface area contributed by atoms with Gasteiger partial charge >= 0.3 is 0 Å². The molecule has 0 bridgehead atoms. The quantitative estimate of drug-likeness (QED) is 0.873. The van der Waals surface area contributed by atoms with Crippen LogP contribution in [0.15, 0.2) is 22.8 Å². The normalized spacial score (nSPS) is 10.1. The van der Waals surface area contributed by atoms with Crippen molar-refractivity contribution in [2.45, 2.75) is 0 Å². The molecule has 0 atom stereocenters. The Morgan fingerprint density at radius 2 is 2.25 bits per heavy atom. The fraction of sp³-hybridized carbons (Fsp3) is 0.0909. The van der Waals surface area contributed by atoms with Crippen molar-refractivity contribution >= 4 is 32.5 Å². The number of aromatic nitrogens is 1. The summed E-state index contributed by atoms with van der Waals surface area (Å²) in [5.74, 6) is -0.396. The minimum Gasteiger partial charge on any atom is -0.386 e. The van der Waals surface area contributed by atoms with E-state index in [0.29, 0.717) is 26.6 Å². The van der Waals surface area contributed by atoms with Crippen molar-refractivity contribution in [2.24, 2.45) is 0 Å². The predicted molar refractivity (Wildman–Crippen MR) is 63.7 cm³/mol. The highest BCUT2D eigenvalue weighted by Crippen LogP contribution is 2.31. The molecular weight excluding hydrogens is 273 g/mol. The number of anilines is 1. The van der Waals surface area contributed by atoms with Crippen LogP contribution in [0.3, 0.4) is 0 Å². The lowest BCUT2D eigenvalue weighted by atomic mass is 10.1. The lowest BCUT2D eigenvalue weighted by molar-refractivity contribution is 0.639. The molecule has 0 amide bonds. The van der Waals surface area contributed by atoms with Crippen LogP contribution in [0.4, 0.5) is 10.1 Å². The first-order valence-corrected chi connectivity index (χ1v) is 5.33. The van der Waals surface area contributed by atoms with Gasteiger partial charge in [0, 0.05) is 17.7 Å². The Kier molecular flexibility index (Phi) is 2.75. The van der Waals surface area contributed by atoms with Crippen molar-refractivity contribution in [2.75, 3.05) is 12.4 Å². The molecule has 1 N–H and O–H groups in total. The second kappa shape index (κ2) is 4.06. The molecule has 80 valence electrons. The molecule has 0 unspecified atom stereocenters. The van der Waals surface area contributed by atoms with Crippen LogP contribution in [0.25, 0.3) is 10.9 Å². The summed E-state index contributed by atoms with van der Waals surface area (Å²) in [5.41, 5.74) is 1.29. The first-order chi connectivity index (χ1) is 7.69. The number of halogens is 2. The number of fused-ring (bicyclic) bond motifs is 1. The smallest absolute Gasteiger partial charge is 0.134 e. The van der Waals surface area contributed by atoms with E-state index >= 15 is 0 Å². The van der Waals surface area contributed by atoms with Gasteiger partial charge in [-0.1, -0.05) is 0 Å². The minimum absolute atomic E-state index is 0.326. The molecule has 0 spiro atoms. The van der Waals surface area contributed by atoms with Crippen LogP contribution in [-0.2, 0) is 0 Å². The summed E-state index contributed by atoms with van der Waals surface area (Å²) in [4.78, 5) is 4.07. The summed E-state index contributed by atoms with van der Waals surface area (Å²) in [6, 6.07) is 4.92. The van der Waals surface area contributed by atoms with Crippen molar-refractivity contribution in [3.63, 3.8) is 0 Å². The van der Waals surface area contributed by atoms with Crippen molar-refractivity contribution in [1.29, 1.82) is 5.26 Å². The molecule has 0 aliphatic carbocycles. The van der Waals surface area contributed by atoms with Gasteiger partial charge in [-0.05, 0) is 28.1 Å². The number of nitrogens with zero attached hydrogens (tertiary/aromatic N) is 2. The Balaban J connectivity index is 2.98. The molecule has 5 heteroatoms. The third-order valence-electron chi connectivity index (χ3n) is 2.29. The maximum absolute atomic E-state index is 13.7. The van der Waals surface area contributed by atoms with Gasteiger partial charge in [-0.2, -0.15) is 5.26 Å². The van der Waals surface area contributed by atoms with Gasteiger partial charge in [-0.3, -0.25) is 4.98 Å². The van der Waals surface area contributed by atoms with Crippen molar-refractivity contribution in [3.8, 4) is 6.07 Å². The van der Waals surface area contributed by atoms with E-state index in [4.69, 9.17) is 5.26 Å². The van der Waals surface area contributed by atoms with Crippen LogP contribution in [-0.4, -0.2) is 12.0 Å². The highest BCUT2D eigenvalue weighted by molar-refractivity contribution is 9.10. The fourth-order valence-corrected chi connectivity index (χ4v) is 2.01. The molecule has 0 fully saturated rings. The largest absolute Gasteiger partial charge is 0.386 e. The Bertz CT molecular complexity index is 604. The van der Waals surface area contributed by atoms with Gasteiger partial charge < -0.3 is 5.32 Å². The number of rotatable bonds is 1. The maximum atomic E-state index is 13.7. The van der Waals surface area contributed by atoms with E-state index in [2.05, 4.69) is 26.2 Å². The van der Waals surface area contributed by atoms with Crippen molar-refractivity contribution < 1.29 is 4.39 Å². The molecular formula is C11H7BrFN3. The van der Waals surface area contributed by atoms with Crippen LogP contribution in [0.1, 0.15) is 5.56 Å². The molecule has 1 heterocycles. The number of hydrogen-bond acceptors (Lipinski definition) is 3. The van der Waals surface area contributed by atoms with Gasteiger partial charge in [-0.25, -0.2) is 4.39 Å². The molecule has 0 aliphatic rings. The van der Waals surface area contributed by atoms with E-state index in [0.717, 1.165) is 0 Å². The Hall–Kier alpha value is -1.67. The first-order valence-electron chi connectivity index (χ1n) is 4.53. The zero-order chi connectivity index (χ0) is 11.7. The van der Waals surface area contributed by atoms with E-state index in [1.165, 1.54) is 12.3 Å². The van der Waals surface area contributed by atoms with E-state index in [-0.39, 0.29) is 0 Å². The fourth-order valence-electron chi connectivity index (χ4n) is 1.58. The molecule has 2 aromatic rings. The SMILES string of the molecule is CNc1c(C#N)cnc2c(Br)ccc(F)c12. The van der Waals surface area contributed by atoms with Gasteiger partial charge in [0.2, 0.25) is 0 Å². The van der Waals surface area contributed by atoms with Crippen LogP contribution in [0, 0.1) is 17.1 Å². The number of pyridine rings is 1. The lowest BCUT2D eigenvalue weighted by Crippen LogP contribution is -1.97. The van der Waals surface area contributed by atoms with Gasteiger partial charge in [0.15, 0.2) is 0 Å². The van der Waals surface area contributed by atoms with Crippen LogP contribution >= 0.6 is 15.9 Å². The van der Waals surface area contributed by atoms with Crippen molar-refractivity contribution in [3.05, 3.63) is 34.2 Å². The Labute approximate surface area is 100 Å². The second-order valence-corrected chi connectivity index (χ2v) is 4.02. The standard InChI is InChI=1S/C11H7BrFN3/c1-15-10-6(4-14)5-16-11-7(12)2-3-8(13)9(10)11/h2-3,5H,1H3,(H,15,16). The van der Waals surface area contributed by atoms with E-state index in [1.54, 1.807) is 13.1 Å². The highest BCUT2D eigenvalue weighted by Gasteiger charge is 2.13. The van der Waals surface area contributed by atoms with Gasteiger partial charge in [0.05, 0.1) is 22.2 Å². The Morgan fingerprint density at radius 1 is 1.50 bits per heavy atom. The Morgan fingerprint density at radius 3 is 2.88 bits per heavy atom. The van der Waals surface area contributed by atoms with Crippen molar-refractivity contribution in [1.82, 2.24) is 4.98 Å². The zero-order valence-corrected chi connectivity index (χ0v) is 9.97. The summed E-state index contributed by atoms with van der Waals surface area (Å²) in [5, 5.41) is 12.1. The van der Waals surface area contributed by atoms with Crippen LogP contribution in [0.2, 0.25) is 0 Å². The van der Waals surface area contributed by atoms with E-state index in [9.17, 15) is 4.39 Å². The van der Waals surface area contributed by atoms with Gasteiger partial charge in [0.1, 0.15) is 11.9 Å². The molecule has 2 rings (SSSR count). The molecule has 16 heavy (non-hydrogen) atoms. The highest BCUT2D eigenvalue weighted by atomic mass is 79.9. The third-order valence-corrected chi connectivity index (χ3v) is 2.93. The second-order valence-electron chi connectivity index (χ2n) is 3.16. The molecule has 0 radical (unpaired) electrons. The van der Waals surface area contributed by atoms with E-state index < -0.39 is 5.82 Å². The molecule has 1 aromatic carbocycles. The summed E-state index contributed by atoms with van der Waals surface area (Å²) in [6.45, 7) is 0.